The molecule has 0 aliphatic carbocycles. The van der Waals surface area contributed by atoms with Crippen LogP contribution in [-0.2, 0) is 0 Å². The molecule has 4 heteroatoms. The van der Waals surface area contributed by atoms with E-state index in [2.05, 4.69) is 23.3 Å². The third-order valence-corrected chi connectivity index (χ3v) is 3.17. The average molecular weight is 230 g/mol. The summed E-state index contributed by atoms with van der Waals surface area (Å²) in [5, 5.41) is 12.3. The quantitative estimate of drug-likeness (QED) is 0.758. The molecule has 1 aromatic rings. The summed E-state index contributed by atoms with van der Waals surface area (Å²) in [6, 6.07) is 7.91. The number of likely N-dealkylation sites (N-methyl/N-ethyl adjacent to an activating group) is 1. The van der Waals surface area contributed by atoms with Gasteiger partial charge >= 0.3 is 0 Å². The topological polar surface area (TPSA) is 65.1 Å². The van der Waals surface area contributed by atoms with Crippen molar-refractivity contribution < 1.29 is 0 Å². The number of rotatable bonds is 2. The zero-order chi connectivity index (χ0) is 12.3. The highest BCUT2D eigenvalue weighted by Gasteiger charge is 2.17. The Morgan fingerprint density at radius 3 is 3.06 bits per heavy atom. The third kappa shape index (κ3) is 2.89. The monoisotopic (exact) mass is 230 g/mol. The highest BCUT2D eigenvalue weighted by molar-refractivity contribution is 5.68. The highest BCUT2D eigenvalue weighted by atomic mass is 15.1. The summed E-state index contributed by atoms with van der Waals surface area (Å²) in [4.78, 5) is 2.31. The van der Waals surface area contributed by atoms with Crippen molar-refractivity contribution in [3.63, 3.8) is 0 Å². The SMILES string of the molecule is CN1CCCC(Nc2cc(C#N)ccc2N)C1. The summed E-state index contributed by atoms with van der Waals surface area (Å²) < 4.78 is 0. The van der Waals surface area contributed by atoms with Gasteiger partial charge in [0, 0.05) is 12.6 Å². The molecule has 1 unspecified atom stereocenters. The molecule has 2 rings (SSSR count). The van der Waals surface area contributed by atoms with E-state index >= 15 is 0 Å². The number of nitrogens with two attached hydrogens (primary N) is 1. The molecule has 4 nitrogen and oxygen atoms in total. The van der Waals surface area contributed by atoms with Gasteiger partial charge < -0.3 is 16.0 Å². The number of nitriles is 1. The minimum absolute atomic E-state index is 0.421. The number of hydrogen-bond donors (Lipinski definition) is 2. The van der Waals surface area contributed by atoms with E-state index in [0.29, 0.717) is 17.3 Å². The van der Waals surface area contributed by atoms with Gasteiger partial charge in [0.25, 0.3) is 0 Å². The van der Waals surface area contributed by atoms with Crippen LogP contribution in [0.15, 0.2) is 18.2 Å². The molecule has 0 spiro atoms. The number of nitrogens with one attached hydrogen (secondary N) is 1. The number of nitrogens with zero attached hydrogens (tertiary/aromatic N) is 2. The Hall–Kier alpha value is -1.73. The van der Waals surface area contributed by atoms with Crippen LogP contribution in [0.2, 0.25) is 0 Å². The largest absolute Gasteiger partial charge is 0.397 e. The van der Waals surface area contributed by atoms with Crippen molar-refractivity contribution >= 4 is 11.4 Å². The lowest BCUT2D eigenvalue weighted by atomic mass is 10.1. The van der Waals surface area contributed by atoms with Crippen molar-refractivity contribution in [1.29, 1.82) is 5.26 Å². The first-order valence-electron chi connectivity index (χ1n) is 5.94. The summed E-state index contributed by atoms with van der Waals surface area (Å²) in [7, 11) is 2.13. The van der Waals surface area contributed by atoms with Gasteiger partial charge in [0.05, 0.1) is 23.0 Å². The van der Waals surface area contributed by atoms with E-state index in [4.69, 9.17) is 11.0 Å². The van der Waals surface area contributed by atoms with Crippen LogP contribution >= 0.6 is 0 Å². The van der Waals surface area contributed by atoms with Crippen LogP contribution in [0.4, 0.5) is 11.4 Å². The van der Waals surface area contributed by atoms with E-state index in [1.54, 1.807) is 12.1 Å². The van der Waals surface area contributed by atoms with Gasteiger partial charge in [-0.1, -0.05) is 0 Å². The lowest BCUT2D eigenvalue weighted by Gasteiger charge is -2.31. The number of anilines is 2. The molecule has 0 radical (unpaired) electrons. The van der Waals surface area contributed by atoms with Crippen LogP contribution in [0.1, 0.15) is 18.4 Å². The molecule has 1 aromatic carbocycles. The average Bonchev–Trinajstić information content (AvgIpc) is 2.32. The van der Waals surface area contributed by atoms with E-state index < -0.39 is 0 Å². The van der Waals surface area contributed by atoms with E-state index in [-0.39, 0.29) is 0 Å². The van der Waals surface area contributed by atoms with Crippen LogP contribution in [-0.4, -0.2) is 31.1 Å². The van der Waals surface area contributed by atoms with Gasteiger partial charge in [-0.25, -0.2) is 0 Å². The molecule has 3 N–H and O–H groups in total. The molecule has 0 amide bonds. The van der Waals surface area contributed by atoms with Crippen LogP contribution in [0.25, 0.3) is 0 Å². The molecule has 1 saturated heterocycles. The predicted molar refractivity (Wildman–Crippen MR) is 69.7 cm³/mol. The van der Waals surface area contributed by atoms with Gasteiger partial charge in [-0.3, -0.25) is 0 Å². The summed E-state index contributed by atoms with van der Waals surface area (Å²) in [6.45, 7) is 2.18. The fourth-order valence-corrected chi connectivity index (χ4v) is 2.25. The Kier molecular flexibility index (Phi) is 3.50. The second kappa shape index (κ2) is 5.07. The van der Waals surface area contributed by atoms with Gasteiger partial charge in [-0.2, -0.15) is 5.26 Å². The number of hydrogen-bond acceptors (Lipinski definition) is 4. The Bertz CT molecular complexity index is 436. The van der Waals surface area contributed by atoms with E-state index in [1.165, 1.54) is 6.42 Å². The van der Waals surface area contributed by atoms with E-state index in [1.807, 2.05) is 6.07 Å². The van der Waals surface area contributed by atoms with Crippen LogP contribution in [0.3, 0.4) is 0 Å². The molecule has 17 heavy (non-hydrogen) atoms. The molecule has 1 fully saturated rings. The minimum Gasteiger partial charge on any atom is -0.397 e. The Morgan fingerprint density at radius 2 is 2.35 bits per heavy atom. The lowest BCUT2D eigenvalue weighted by molar-refractivity contribution is 0.261. The third-order valence-electron chi connectivity index (χ3n) is 3.17. The van der Waals surface area contributed by atoms with Gasteiger partial charge in [-0.05, 0) is 44.6 Å². The van der Waals surface area contributed by atoms with Crippen molar-refractivity contribution in [2.24, 2.45) is 0 Å². The zero-order valence-corrected chi connectivity index (χ0v) is 10.1. The molecular formula is C13H18N4. The fourth-order valence-electron chi connectivity index (χ4n) is 2.25. The molecular weight excluding hydrogens is 212 g/mol. The predicted octanol–water partition coefficient (Wildman–Crippen LogP) is 1.65. The van der Waals surface area contributed by atoms with Crippen molar-refractivity contribution in [2.45, 2.75) is 18.9 Å². The van der Waals surface area contributed by atoms with Gasteiger partial charge in [0.1, 0.15) is 0 Å². The molecule has 0 bridgehead atoms. The molecule has 90 valence electrons. The maximum Gasteiger partial charge on any atom is 0.0992 e. The van der Waals surface area contributed by atoms with Gasteiger partial charge in [0.2, 0.25) is 0 Å². The number of nitrogen functional groups attached to an aromatic ring is 1. The van der Waals surface area contributed by atoms with Gasteiger partial charge in [-0.15, -0.1) is 0 Å². The van der Waals surface area contributed by atoms with Gasteiger partial charge in [0.15, 0.2) is 0 Å². The van der Waals surface area contributed by atoms with Crippen molar-refractivity contribution in [3.05, 3.63) is 23.8 Å². The smallest absolute Gasteiger partial charge is 0.0992 e. The van der Waals surface area contributed by atoms with Crippen molar-refractivity contribution in [3.8, 4) is 6.07 Å². The number of piperidine rings is 1. The normalized spacial score (nSPS) is 20.8. The molecule has 1 aliphatic rings. The van der Waals surface area contributed by atoms with Crippen molar-refractivity contribution in [1.82, 2.24) is 4.90 Å². The summed E-state index contributed by atoms with van der Waals surface area (Å²) in [6.07, 6.45) is 2.35. The van der Waals surface area contributed by atoms with E-state index in [9.17, 15) is 0 Å². The first kappa shape index (κ1) is 11.7. The first-order chi connectivity index (χ1) is 8.19. The van der Waals surface area contributed by atoms with Crippen molar-refractivity contribution in [2.75, 3.05) is 31.2 Å². The van der Waals surface area contributed by atoms with Crippen LogP contribution in [0.5, 0.6) is 0 Å². The van der Waals surface area contributed by atoms with E-state index in [0.717, 1.165) is 25.2 Å². The summed E-state index contributed by atoms with van der Waals surface area (Å²) >= 11 is 0. The first-order valence-corrected chi connectivity index (χ1v) is 5.94. The maximum atomic E-state index is 8.87. The molecule has 1 aliphatic heterocycles. The second-order valence-electron chi connectivity index (χ2n) is 4.66. The summed E-state index contributed by atoms with van der Waals surface area (Å²) in [5.74, 6) is 0. The van der Waals surface area contributed by atoms with Crippen LogP contribution < -0.4 is 11.1 Å². The maximum absolute atomic E-state index is 8.87. The highest BCUT2D eigenvalue weighted by Crippen LogP contribution is 2.22. The fraction of sp³-hybridized carbons (Fsp3) is 0.462. The van der Waals surface area contributed by atoms with Crippen LogP contribution in [0, 0.1) is 11.3 Å². The molecule has 1 heterocycles. The molecule has 0 aromatic heterocycles. The molecule has 1 atom stereocenters. The summed E-state index contributed by atoms with van der Waals surface area (Å²) in [5.41, 5.74) is 8.14. The number of likely N-dealkylation sites (tertiary alicyclic amines) is 1. The lowest BCUT2D eigenvalue weighted by Crippen LogP contribution is -2.39. The second-order valence-corrected chi connectivity index (χ2v) is 4.66. The minimum atomic E-state index is 0.421. The molecule has 0 saturated carbocycles. The zero-order valence-electron chi connectivity index (χ0n) is 10.1. The standard InChI is InChI=1S/C13H18N4/c1-17-6-2-3-11(9-17)16-13-7-10(8-14)4-5-12(13)15/h4-5,7,11,16H,2-3,6,9,15H2,1H3. The Labute approximate surface area is 102 Å². The number of benzene rings is 1. The Balaban J connectivity index is 2.10. The Morgan fingerprint density at radius 1 is 1.53 bits per heavy atom.